The maximum absolute atomic E-state index is 11.0. The first-order valence-electron chi connectivity index (χ1n) is 4.85. The standard InChI is InChI=1S/C10H12Cl3N3O/c1-7(17)16-9(10(11,12)13)15-6-8-3-2-4-14-5-8/h2-5,9,15H,6H2,1H3,(H,16,17). The molecule has 0 saturated heterocycles. The van der Waals surface area contributed by atoms with Gasteiger partial charge < -0.3 is 5.32 Å². The predicted octanol–water partition coefficient (Wildman–Crippen LogP) is 2.00. The predicted molar refractivity (Wildman–Crippen MR) is 69.0 cm³/mol. The second-order valence-corrected chi connectivity index (χ2v) is 5.79. The lowest BCUT2D eigenvalue weighted by atomic mass is 10.3. The molecule has 0 aliphatic rings. The van der Waals surface area contributed by atoms with Crippen LogP contribution in [0.5, 0.6) is 0 Å². The van der Waals surface area contributed by atoms with Crippen LogP contribution >= 0.6 is 34.8 Å². The molecule has 1 aromatic heterocycles. The van der Waals surface area contributed by atoms with Crippen molar-refractivity contribution in [1.29, 1.82) is 0 Å². The van der Waals surface area contributed by atoms with Crippen molar-refractivity contribution in [3.05, 3.63) is 30.1 Å². The number of nitrogens with zero attached hydrogens (tertiary/aromatic N) is 1. The lowest BCUT2D eigenvalue weighted by molar-refractivity contribution is -0.119. The van der Waals surface area contributed by atoms with Gasteiger partial charge in [-0.1, -0.05) is 40.9 Å². The summed E-state index contributed by atoms with van der Waals surface area (Å²) >= 11 is 17.2. The molecule has 1 unspecified atom stereocenters. The largest absolute Gasteiger partial charge is 0.337 e. The molecule has 2 N–H and O–H groups in total. The average Bonchev–Trinajstić information content (AvgIpc) is 2.23. The monoisotopic (exact) mass is 295 g/mol. The van der Waals surface area contributed by atoms with Crippen LogP contribution in [0.2, 0.25) is 0 Å². The molecule has 94 valence electrons. The molecule has 1 aromatic rings. The van der Waals surface area contributed by atoms with Gasteiger partial charge in [0.05, 0.1) is 0 Å². The summed E-state index contributed by atoms with van der Waals surface area (Å²) in [6.45, 7) is 1.79. The quantitative estimate of drug-likeness (QED) is 0.660. The number of hydrogen-bond donors (Lipinski definition) is 2. The molecule has 0 bridgehead atoms. The van der Waals surface area contributed by atoms with Crippen molar-refractivity contribution in [1.82, 2.24) is 15.6 Å². The van der Waals surface area contributed by atoms with Crippen LogP contribution in [0.3, 0.4) is 0 Å². The van der Waals surface area contributed by atoms with Crippen LogP contribution in [0.25, 0.3) is 0 Å². The van der Waals surface area contributed by atoms with Crippen LogP contribution in [0.15, 0.2) is 24.5 Å². The van der Waals surface area contributed by atoms with Gasteiger partial charge in [-0.2, -0.15) is 0 Å². The minimum atomic E-state index is -1.62. The number of carbonyl (C=O) groups excluding carboxylic acids is 1. The smallest absolute Gasteiger partial charge is 0.223 e. The molecule has 1 amide bonds. The third-order valence-electron chi connectivity index (χ3n) is 1.91. The number of pyridine rings is 1. The molecular formula is C10H12Cl3N3O. The Labute approximate surface area is 115 Å². The number of alkyl halides is 3. The Kier molecular flexibility index (Phi) is 5.46. The lowest BCUT2D eigenvalue weighted by Gasteiger charge is -2.26. The Morgan fingerprint density at radius 2 is 2.24 bits per heavy atom. The molecule has 0 aliphatic heterocycles. The summed E-state index contributed by atoms with van der Waals surface area (Å²) in [6.07, 6.45) is 2.60. The molecule has 17 heavy (non-hydrogen) atoms. The summed E-state index contributed by atoms with van der Waals surface area (Å²) in [6, 6.07) is 3.68. The molecule has 1 rings (SSSR count). The van der Waals surface area contributed by atoms with Gasteiger partial charge in [-0.15, -0.1) is 0 Å². The van der Waals surface area contributed by atoms with Gasteiger partial charge in [-0.3, -0.25) is 15.1 Å². The average molecular weight is 297 g/mol. The van der Waals surface area contributed by atoms with Crippen molar-refractivity contribution in [2.45, 2.75) is 23.4 Å². The van der Waals surface area contributed by atoms with E-state index in [-0.39, 0.29) is 5.91 Å². The molecule has 0 fully saturated rings. The summed E-state index contributed by atoms with van der Waals surface area (Å²) in [5, 5.41) is 5.46. The Morgan fingerprint density at radius 3 is 2.71 bits per heavy atom. The van der Waals surface area contributed by atoms with Crippen molar-refractivity contribution in [2.24, 2.45) is 0 Å². The Hall–Kier alpha value is -0.550. The molecule has 0 aliphatic carbocycles. The molecule has 1 atom stereocenters. The van der Waals surface area contributed by atoms with Crippen molar-refractivity contribution >= 4 is 40.7 Å². The number of aromatic nitrogens is 1. The fourth-order valence-corrected chi connectivity index (χ4v) is 1.57. The van der Waals surface area contributed by atoms with E-state index < -0.39 is 9.96 Å². The first-order valence-corrected chi connectivity index (χ1v) is 5.99. The van der Waals surface area contributed by atoms with Crippen LogP contribution in [0.1, 0.15) is 12.5 Å². The second kappa shape index (κ2) is 6.40. The number of rotatable bonds is 4. The van der Waals surface area contributed by atoms with Gasteiger partial charge in [-0.25, -0.2) is 0 Å². The Bertz CT molecular complexity index is 367. The van der Waals surface area contributed by atoms with Gasteiger partial charge in [0, 0.05) is 25.9 Å². The maximum Gasteiger partial charge on any atom is 0.223 e. The van der Waals surface area contributed by atoms with Gasteiger partial charge in [0.2, 0.25) is 9.70 Å². The minimum absolute atomic E-state index is 0.278. The molecule has 4 nitrogen and oxygen atoms in total. The number of nitrogens with one attached hydrogen (secondary N) is 2. The van der Waals surface area contributed by atoms with Crippen LogP contribution in [-0.2, 0) is 11.3 Å². The third-order valence-corrected chi connectivity index (χ3v) is 2.56. The van der Waals surface area contributed by atoms with Crippen molar-refractivity contribution in [3.8, 4) is 0 Å². The van der Waals surface area contributed by atoms with E-state index in [0.29, 0.717) is 6.54 Å². The molecule has 0 radical (unpaired) electrons. The summed E-state index contributed by atoms with van der Waals surface area (Å²) in [7, 11) is 0. The highest BCUT2D eigenvalue weighted by Gasteiger charge is 2.32. The van der Waals surface area contributed by atoms with E-state index in [4.69, 9.17) is 34.8 Å². The number of amides is 1. The van der Waals surface area contributed by atoms with E-state index in [0.717, 1.165) is 5.56 Å². The maximum atomic E-state index is 11.0. The van der Waals surface area contributed by atoms with E-state index in [1.165, 1.54) is 6.92 Å². The Morgan fingerprint density at radius 1 is 1.53 bits per heavy atom. The first kappa shape index (κ1) is 14.5. The molecule has 0 aromatic carbocycles. The zero-order chi connectivity index (χ0) is 12.9. The second-order valence-electron chi connectivity index (χ2n) is 3.42. The van der Waals surface area contributed by atoms with E-state index in [2.05, 4.69) is 15.6 Å². The van der Waals surface area contributed by atoms with E-state index >= 15 is 0 Å². The van der Waals surface area contributed by atoms with E-state index in [1.54, 1.807) is 18.5 Å². The van der Waals surface area contributed by atoms with Crippen LogP contribution < -0.4 is 10.6 Å². The number of carbonyl (C=O) groups is 1. The number of halogens is 3. The highest BCUT2D eigenvalue weighted by molar-refractivity contribution is 6.68. The fourth-order valence-electron chi connectivity index (χ4n) is 1.17. The lowest BCUT2D eigenvalue weighted by Crippen LogP contribution is -2.52. The summed E-state index contributed by atoms with van der Waals surface area (Å²) in [4.78, 5) is 14.9. The summed E-state index contributed by atoms with van der Waals surface area (Å²) in [5.74, 6) is -0.278. The Balaban J connectivity index is 2.59. The van der Waals surface area contributed by atoms with Crippen molar-refractivity contribution in [3.63, 3.8) is 0 Å². The topological polar surface area (TPSA) is 54.0 Å². The molecule has 0 saturated carbocycles. The van der Waals surface area contributed by atoms with Gasteiger partial charge in [0.25, 0.3) is 0 Å². The molecule has 1 heterocycles. The highest BCUT2D eigenvalue weighted by Crippen LogP contribution is 2.29. The first-order chi connectivity index (χ1) is 7.89. The molecule has 0 spiro atoms. The van der Waals surface area contributed by atoms with Crippen molar-refractivity contribution < 1.29 is 4.79 Å². The van der Waals surface area contributed by atoms with Crippen molar-refractivity contribution in [2.75, 3.05) is 0 Å². The SMILES string of the molecule is CC(=O)NC(NCc1cccnc1)C(Cl)(Cl)Cl. The zero-order valence-corrected chi connectivity index (χ0v) is 11.4. The normalized spacial score (nSPS) is 13.2. The third kappa shape index (κ3) is 5.55. The van der Waals surface area contributed by atoms with Crippen LogP contribution in [0.4, 0.5) is 0 Å². The van der Waals surface area contributed by atoms with Crippen LogP contribution in [-0.4, -0.2) is 20.8 Å². The molecule has 7 heteroatoms. The summed E-state index contributed by atoms with van der Waals surface area (Å²) in [5.41, 5.74) is 0.928. The van der Waals surface area contributed by atoms with Gasteiger partial charge in [-0.05, 0) is 11.6 Å². The van der Waals surface area contributed by atoms with E-state index in [9.17, 15) is 4.79 Å². The minimum Gasteiger partial charge on any atom is -0.337 e. The van der Waals surface area contributed by atoms with Crippen LogP contribution in [0, 0.1) is 0 Å². The fraction of sp³-hybridized carbons (Fsp3) is 0.400. The number of hydrogen-bond acceptors (Lipinski definition) is 3. The molecular weight excluding hydrogens is 284 g/mol. The van der Waals surface area contributed by atoms with Gasteiger partial charge >= 0.3 is 0 Å². The zero-order valence-electron chi connectivity index (χ0n) is 9.08. The summed E-state index contributed by atoms with van der Waals surface area (Å²) < 4.78 is -1.62. The highest BCUT2D eigenvalue weighted by atomic mass is 35.6. The van der Waals surface area contributed by atoms with Gasteiger partial charge in [0.1, 0.15) is 6.17 Å². The van der Waals surface area contributed by atoms with E-state index in [1.807, 2.05) is 6.07 Å². The van der Waals surface area contributed by atoms with Gasteiger partial charge in [0.15, 0.2) is 0 Å².